The van der Waals surface area contributed by atoms with E-state index in [1.54, 1.807) is 6.92 Å². The van der Waals surface area contributed by atoms with E-state index in [4.69, 9.17) is 0 Å². The fraction of sp³-hybridized carbons (Fsp3) is 0.875. The minimum atomic E-state index is 0.0388. The molecule has 2 aliphatic rings. The van der Waals surface area contributed by atoms with E-state index in [-0.39, 0.29) is 17.9 Å². The maximum atomic E-state index is 12.0. The van der Waals surface area contributed by atoms with Crippen molar-refractivity contribution >= 4 is 11.8 Å². The van der Waals surface area contributed by atoms with Crippen LogP contribution in [0.3, 0.4) is 0 Å². The third kappa shape index (κ3) is 6.04. The molecule has 5 nitrogen and oxygen atoms in total. The Labute approximate surface area is 127 Å². The summed E-state index contributed by atoms with van der Waals surface area (Å²) in [6.45, 7) is 4.27. The second-order valence-corrected chi connectivity index (χ2v) is 6.49. The van der Waals surface area contributed by atoms with Gasteiger partial charge in [0, 0.05) is 38.5 Å². The summed E-state index contributed by atoms with van der Waals surface area (Å²) in [6, 6.07) is 0.650. The number of hydrogen-bond acceptors (Lipinski definition) is 3. The summed E-state index contributed by atoms with van der Waals surface area (Å²) in [6.07, 6.45) is 8.79. The molecule has 1 saturated carbocycles. The molecule has 0 aromatic carbocycles. The normalized spacial score (nSPS) is 24.5. The lowest BCUT2D eigenvalue weighted by atomic mass is 9.95. The molecule has 1 heterocycles. The van der Waals surface area contributed by atoms with E-state index < -0.39 is 0 Å². The van der Waals surface area contributed by atoms with Crippen molar-refractivity contribution in [1.29, 1.82) is 0 Å². The molecule has 1 saturated heterocycles. The Morgan fingerprint density at radius 1 is 1.00 bits per heavy atom. The molecular weight excluding hydrogens is 266 g/mol. The summed E-state index contributed by atoms with van der Waals surface area (Å²) in [4.78, 5) is 25.4. The molecule has 2 fully saturated rings. The molecule has 2 rings (SSSR count). The van der Waals surface area contributed by atoms with Crippen LogP contribution in [0.5, 0.6) is 0 Å². The fourth-order valence-corrected chi connectivity index (χ4v) is 3.47. The van der Waals surface area contributed by atoms with Crippen LogP contribution in [0.2, 0.25) is 0 Å². The van der Waals surface area contributed by atoms with Gasteiger partial charge in [-0.15, -0.1) is 0 Å². The molecule has 1 aliphatic heterocycles. The van der Waals surface area contributed by atoms with Gasteiger partial charge >= 0.3 is 0 Å². The Balaban J connectivity index is 1.64. The van der Waals surface area contributed by atoms with E-state index >= 15 is 0 Å². The Hall–Kier alpha value is -1.10. The Morgan fingerprint density at radius 3 is 2.43 bits per heavy atom. The van der Waals surface area contributed by atoms with Gasteiger partial charge in [-0.05, 0) is 32.2 Å². The van der Waals surface area contributed by atoms with Gasteiger partial charge in [0.15, 0.2) is 0 Å². The third-order valence-corrected chi connectivity index (χ3v) is 4.54. The van der Waals surface area contributed by atoms with Crippen LogP contribution < -0.4 is 10.6 Å². The average molecular weight is 295 g/mol. The van der Waals surface area contributed by atoms with Crippen molar-refractivity contribution in [3.63, 3.8) is 0 Å². The van der Waals surface area contributed by atoms with Crippen LogP contribution in [0.1, 0.15) is 58.3 Å². The van der Waals surface area contributed by atoms with Gasteiger partial charge in [-0.2, -0.15) is 0 Å². The van der Waals surface area contributed by atoms with Crippen LogP contribution in [0, 0.1) is 0 Å². The molecule has 2 amide bonds. The zero-order valence-electron chi connectivity index (χ0n) is 13.2. The van der Waals surface area contributed by atoms with E-state index in [0.717, 1.165) is 45.3 Å². The number of carbonyl (C=O) groups is 2. The summed E-state index contributed by atoms with van der Waals surface area (Å²) >= 11 is 0. The number of amides is 2. The van der Waals surface area contributed by atoms with Gasteiger partial charge in [0.05, 0.1) is 0 Å². The first-order chi connectivity index (χ1) is 10.1. The second-order valence-electron chi connectivity index (χ2n) is 6.49. The molecule has 0 aromatic rings. The van der Waals surface area contributed by atoms with E-state index in [9.17, 15) is 9.59 Å². The fourth-order valence-electron chi connectivity index (χ4n) is 3.47. The quantitative estimate of drug-likeness (QED) is 0.806. The first-order valence-electron chi connectivity index (χ1n) is 8.42. The molecular formula is C16H29N3O2. The predicted octanol–water partition coefficient (Wildman–Crippen LogP) is 1.43. The van der Waals surface area contributed by atoms with Crippen LogP contribution in [0.25, 0.3) is 0 Å². The number of hydrogen-bond donors (Lipinski definition) is 2. The number of piperidine rings is 1. The number of nitrogens with zero attached hydrogens (tertiary/aromatic N) is 1. The molecule has 2 N–H and O–H groups in total. The lowest BCUT2D eigenvalue weighted by Crippen LogP contribution is -2.48. The van der Waals surface area contributed by atoms with E-state index in [1.807, 2.05) is 0 Å². The van der Waals surface area contributed by atoms with Crippen molar-refractivity contribution in [2.75, 3.05) is 19.6 Å². The molecule has 120 valence electrons. The number of nitrogens with one attached hydrogen (secondary N) is 2. The lowest BCUT2D eigenvalue weighted by molar-refractivity contribution is -0.123. The van der Waals surface area contributed by atoms with Crippen molar-refractivity contribution in [3.8, 4) is 0 Å². The zero-order valence-corrected chi connectivity index (χ0v) is 13.2. The molecule has 0 spiro atoms. The maximum absolute atomic E-state index is 12.0. The first-order valence-corrected chi connectivity index (χ1v) is 8.42. The number of carbonyl (C=O) groups excluding carboxylic acids is 2. The molecule has 0 aromatic heterocycles. The standard InChI is InChI=1S/C16H29N3O2/c1-13(20)17-15-8-5-10-19(12-15)11-9-16(21)18-14-6-3-2-4-7-14/h14-15H,2-12H2,1H3,(H,17,20)(H,18,21). The third-order valence-electron chi connectivity index (χ3n) is 4.54. The van der Waals surface area contributed by atoms with Crippen molar-refractivity contribution in [2.24, 2.45) is 0 Å². The minimum absolute atomic E-state index is 0.0388. The Kier molecular flexibility index (Phi) is 6.49. The summed E-state index contributed by atoms with van der Waals surface area (Å²) in [5.41, 5.74) is 0. The zero-order chi connectivity index (χ0) is 15.1. The van der Waals surface area contributed by atoms with Crippen LogP contribution in [-0.2, 0) is 9.59 Å². The van der Waals surface area contributed by atoms with E-state index in [1.165, 1.54) is 19.3 Å². The molecule has 5 heteroatoms. The highest BCUT2D eigenvalue weighted by Gasteiger charge is 2.21. The monoisotopic (exact) mass is 295 g/mol. The maximum Gasteiger partial charge on any atom is 0.221 e. The summed E-state index contributed by atoms with van der Waals surface area (Å²) in [5.74, 6) is 0.223. The average Bonchev–Trinajstić information content (AvgIpc) is 2.46. The smallest absolute Gasteiger partial charge is 0.221 e. The van der Waals surface area contributed by atoms with Gasteiger partial charge in [-0.1, -0.05) is 19.3 Å². The lowest BCUT2D eigenvalue weighted by Gasteiger charge is -2.33. The second kappa shape index (κ2) is 8.37. The predicted molar refractivity (Wildman–Crippen MR) is 82.9 cm³/mol. The van der Waals surface area contributed by atoms with Crippen LogP contribution in [-0.4, -0.2) is 48.4 Å². The van der Waals surface area contributed by atoms with E-state index in [0.29, 0.717) is 12.5 Å². The van der Waals surface area contributed by atoms with Crippen molar-refractivity contribution in [1.82, 2.24) is 15.5 Å². The minimum Gasteiger partial charge on any atom is -0.353 e. The van der Waals surface area contributed by atoms with Gasteiger partial charge in [-0.3, -0.25) is 9.59 Å². The van der Waals surface area contributed by atoms with Gasteiger partial charge in [0.25, 0.3) is 0 Å². The molecule has 21 heavy (non-hydrogen) atoms. The summed E-state index contributed by atoms with van der Waals surface area (Å²) in [5, 5.41) is 6.15. The van der Waals surface area contributed by atoms with Gasteiger partial charge in [0.2, 0.25) is 11.8 Å². The molecule has 0 radical (unpaired) electrons. The van der Waals surface area contributed by atoms with Gasteiger partial charge in [-0.25, -0.2) is 0 Å². The summed E-state index contributed by atoms with van der Waals surface area (Å²) in [7, 11) is 0. The molecule has 1 unspecified atom stereocenters. The topological polar surface area (TPSA) is 61.4 Å². The Bertz CT molecular complexity index is 353. The van der Waals surface area contributed by atoms with Crippen LogP contribution >= 0.6 is 0 Å². The van der Waals surface area contributed by atoms with Gasteiger partial charge in [0.1, 0.15) is 0 Å². The highest BCUT2D eigenvalue weighted by atomic mass is 16.2. The van der Waals surface area contributed by atoms with Crippen molar-refractivity contribution in [3.05, 3.63) is 0 Å². The summed E-state index contributed by atoms with van der Waals surface area (Å²) < 4.78 is 0. The molecule has 1 atom stereocenters. The highest BCUT2D eigenvalue weighted by Crippen LogP contribution is 2.17. The van der Waals surface area contributed by atoms with Crippen molar-refractivity contribution < 1.29 is 9.59 Å². The van der Waals surface area contributed by atoms with Gasteiger partial charge < -0.3 is 15.5 Å². The number of rotatable bonds is 5. The Morgan fingerprint density at radius 2 is 1.71 bits per heavy atom. The molecule has 1 aliphatic carbocycles. The van der Waals surface area contributed by atoms with Crippen molar-refractivity contribution in [2.45, 2.75) is 70.4 Å². The molecule has 0 bridgehead atoms. The number of likely N-dealkylation sites (tertiary alicyclic amines) is 1. The first kappa shape index (κ1) is 16.3. The highest BCUT2D eigenvalue weighted by molar-refractivity contribution is 5.76. The SMILES string of the molecule is CC(=O)NC1CCCN(CCC(=O)NC2CCCCC2)C1. The van der Waals surface area contributed by atoms with Crippen LogP contribution in [0.15, 0.2) is 0 Å². The largest absolute Gasteiger partial charge is 0.353 e. The van der Waals surface area contributed by atoms with E-state index in [2.05, 4.69) is 15.5 Å². The van der Waals surface area contributed by atoms with Crippen LogP contribution in [0.4, 0.5) is 0 Å².